The van der Waals surface area contributed by atoms with E-state index < -0.39 is 0 Å². The maximum Gasteiger partial charge on any atom is 0.194 e. The summed E-state index contributed by atoms with van der Waals surface area (Å²) < 4.78 is 0. The molecule has 3 rings (SSSR count). The Bertz CT molecular complexity index is 769. The van der Waals surface area contributed by atoms with Crippen LogP contribution in [0.5, 0.6) is 5.75 Å². The number of phenolic OH excluding ortho intramolecular Hbond substituents is 1. The molecule has 27 heavy (non-hydrogen) atoms. The molecule has 1 saturated heterocycles. The number of benzene rings is 1. The van der Waals surface area contributed by atoms with E-state index in [1.807, 2.05) is 30.6 Å². The smallest absolute Gasteiger partial charge is 0.194 e. The Morgan fingerprint density at radius 2 is 1.96 bits per heavy atom. The van der Waals surface area contributed by atoms with Crippen LogP contribution >= 0.6 is 0 Å². The number of nitrogens with one attached hydrogen (secondary N) is 1. The number of aliphatic imine (C=N–C) groups is 1. The molecule has 0 atom stereocenters. The fraction of sp³-hybridized carbons (Fsp3) is 0.429. The molecule has 1 aromatic carbocycles. The van der Waals surface area contributed by atoms with Gasteiger partial charge >= 0.3 is 0 Å². The van der Waals surface area contributed by atoms with Gasteiger partial charge < -0.3 is 20.2 Å². The zero-order valence-electron chi connectivity index (χ0n) is 16.2. The standard InChI is InChI=1S/C21H29N5O/c1-3-23-21(24-11-9-18-8-10-22-16-17(18)2)26-14-12-25(13-15-26)19-6-4-5-7-20(19)27/h4-8,10,16,27H,3,9,11-15H2,1-2H3,(H,23,24). The van der Waals surface area contributed by atoms with Gasteiger partial charge in [-0.05, 0) is 49.6 Å². The fourth-order valence-corrected chi connectivity index (χ4v) is 3.38. The van der Waals surface area contributed by atoms with Crippen molar-refractivity contribution in [2.24, 2.45) is 4.99 Å². The van der Waals surface area contributed by atoms with Gasteiger partial charge in [0.1, 0.15) is 5.75 Å². The Balaban J connectivity index is 1.59. The number of guanidine groups is 1. The normalized spacial score (nSPS) is 15.1. The maximum absolute atomic E-state index is 10.1. The van der Waals surface area contributed by atoms with Crippen molar-refractivity contribution >= 4 is 11.6 Å². The van der Waals surface area contributed by atoms with Crippen molar-refractivity contribution in [3.63, 3.8) is 0 Å². The van der Waals surface area contributed by atoms with Gasteiger partial charge in [-0.25, -0.2) is 0 Å². The molecule has 0 aliphatic carbocycles. The summed E-state index contributed by atoms with van der Waals surface area (Å²) in [5.41, 5.74) is 3.43. The van der Waals surface area contributed by atoms with E-state index in [1.165, 1.54) is 11.1 Å². The van der Waals surface area contributed by atoms with E-state index in [9.17, 15) is 5.11 Å². The molecular formula is C21H29N5O. The van der Waals surface area contributed by atoms with Crippen molar-refractivity contribution in [1.29, 1.82) is 0 Å². The molecule has 1 aromatic heterocycles. The average molecular weight is 367 g/mol. The van der Waals surface area contributed by atoms with Crippen molar-refractivity contribution in [1.82, 2.24) is 15.2 Å². The van der Waals surface area contributed by atoms with Gasteiger partial charge in [0.25, 0.3) is 0 Å². The molecule has 0 saturated carbocycles. The van der Waals surface area contributed by atoms with Crippen LogP contribution in [0.2, 0.25) is 0 Å². The number of piperazine rings is 1. The zero-order valence-corrected chi connectivity index (χ0v) is 16.2. The first-order chi connectivity index (χ1) is 13.2. The molecule has 1 aliphatic heterocycles. The number of para-hydroxylation sites is 2. The Hall–Kier alpha value is -2.76. The zero-order chi connectivity index (χ0) is 19.1. The van der Waals surface area contributed by atoms with Crippen LogP contribution in [-0.2, 0) is 6.42 Å². The molecule has 0 radical (unpaired) electrons. The lowest BCUT2D eigenvalue weighted by Gasteiger charge is -2.37. The maximum atomic E-state index is 10.1. The number of hydrogen-bond donors (Lipinski definition) is 2. The molecule has 0 unspecified atom stereocenters. The lowest BCUT2D eigenvalue weighted by molar-refractivity contribution is 0.370. The summed E-state index contributed by atoms with van der Waals surface area (Å²) in [5, 5.41) is 13.5. The summed E-state index contributed by atoms with van der Waals surface area (Å²) >= 11 is 0. The SMILES string of the molecule is CCNC(=NCCc1ccncc1C)N1CCN(c2ccccc2O)CC1. The third kappa shape index (κ3) is 4.90. The highest BCUT2D eigenvalue weighted by molar-refractivity contribution is 5.80. The van der Waals surface area contributed by atoms with Crippen LogP contribution in [0.3, 0.4) is 0 Å². The monoisotopic (exact) mass is 367 g/mol. The highest BCUT2D eigenvalue weighted by atomic mass is 16.3. The van der Waals surface area contributed by atoms with Gasteiger partial charge in [-0.15, -0.1) is 0 Å². The van der Waals surface area contributed by atoms with Crippen molar-refractivity contribution in [3.8, 4) is 5.75 Å². The topological polar surface area (TPSA) is 64.0 Å². The lowest BCUT2D eigenvalue weighted by Crippen LogP contribution is -2.52. The van der Waals surface area contributed by atoms with Crippen LogP contribution in [0.4, 0.5) is 5.69 Å². The van der Waals surface area contributed by atoms with Gasteiger partial charge in [-0.1, -0.05) is 12.1 Å². The highest BCUT2D eigenvalue weighted by Gasteiger charge is 2.21. The minimum Gasteiger partial charge on any atom is -0.506 e. The molecule has 2 N–H and O–H groups in total. The summed E-state index contributed by atoms with van der Waals surface area (Å²) in [6, 6.07) is 9.61. The first-order valence-electron chi connectivity index (χ1n) is 9.64. The number of pyridine rings is 1. The molecule has 0 amide bonds. The van der Waals surface area contributed by atoms with Gasteiger partial charge in [-0.3, -0.25) is 9.98 Å². The van der Waals surface area contributed by atoms with Crippen molar-refractivity contribution < 1.29 is 5.11 Å². The molecule has 2 aromatic rings. The Labute approximate surface area is 161 Å². The number of phenols is 1. The Kier molecular flexibility index (Phi) is 6.52. The Morgan fingerprint density at radius 3 is 2.67 bits per heavy atom. The molecule has 144 valence electrons. The largest absolute Gasteiger partial charge is 0.506 e. The number of aryl methyl sites for hydroxylation is 1. The van der Waals surface area contributed by atoms with E-state index in [0.717, 1.165) is 57.3 Å². The van der Waals surface area contributed by atoms with Crippen LogP contribution < -0.4 is 10.2 Å². The van der Waals surface area contributed by atoms with Crippen LogP contribution in [0.15, 0.2) is 47.7 Å². The van der Waals surface area contributed by atoms with E-state index in [0.29, 0.717) is 5.75 Å². The number of aromatic hydroxyl groups is 1. The molecular weight excluding hydrogens is 338 g/mol. The van der Waals surface area contributed by atoms with Crippen LogP contribution in [0.1, 0.15) is 18.1 Å². The molecule has 0 bridgehead atoms. The summed E-state index contributed by atoms with van der Waals surface area (Å²) in [7, 11) is 0. The summed E-state index contributed by atoms with van der Waals surface area (Å²) in [6.45, 7) is 9.30. The second kappa shape index (κ2) is 9.26. The van der Waals surface area contributed by atoms with Crippen LogP contribution in [0, 0.1) is 6.92 Å². The van der Waals surface area contributed by atoms with Crippen molar-refractivity contribution in [2.75, 3.05) is 44.2 Å². The number of anilines is 1. The summed E-state index contributed by atoms with van der Waals surface area (Å²) in [6.07, 6.45) is 4.67. The number of nitrogens with zero attached hydrogens (tertiary/aromatic N) is 4. The van der Waals surface area contributed by atoms with Gasteiger partial charge in [0.05, 0.1) is 5.69 Å². The predicted octanol–water partition coefficient (Wildman–Crippen LogP) is 2.43. The summed E-state index contributed by atoms with van der Waals surface area (Å²) in [4.78, 5) is 13.5. The number of hydrogen-bond acceptors (Lipinski definition) is 4. The van der Waals surface area contributed by atoms with E-state index >= 15 is 0 Å². The molecule has 6 heteroatoms. The first kappa shape index (κ1) is 19.0. The van der Waals surface area contributed by atoms with Gasteiger partial charge in [0.15, 0.2) is 5.96 Å². The minimum atomic E-state index is 0.347. The number of aromatic nitrogens is 1. The van der Waals surface area contributed by atoms with Crippen molar-refractivity contribution in [3.05, 3.63) is 53.9 Å². The van der Waals surface area contributed by atoms with Gasteiger partial charge in [0.2, 0.25) is 0 Å². The quantitative estimate of drug-likeness (QED) is 0.628. The van der Waals surface area contributed by atoms with E-state index in [4.69, 9.17) is 4.99 Å². The van der Waals surface area contributed by atoms with Crippen LogP contribution in [-0.4, -0.2) is 60.2 Å². The minimum absolute atomic E-state index is 0.347. The summed E-state index contributed by atoms with van der Waals surface area (Å²) in [5.74, 6) is 1.32. The van der Waals surface area contributed by atoms with Gasteiger partial charge in [0, 0.05) is 51.7 Å². The third-order valence-corrected chi connectivity index (χ3v) is 4.92. The second-order valence-corrected chi connectivity index (χ2v) is 6.75. The van der Waals surface area contributed by atoms with E-state index in [2.05, 4.69) is 40.0 Å². The van der Waals surface area contributed by atoms with E-state index in [-0.39, 0.29) is 0 Å². The molecule has 2 heterocycles. The molecule has 6 nitrogen and oxygen atoms in total. The average Bonchev–Trinajstić information content (AvgIpc) is 2.69. The van der Waals surface area contributed by atoms with E-state index in [1.54, 1.807) is 6.07 Å². The molecule has 1 aliphatic rings. The second-order valence-electron chi connectivity index (χ2n) is 6.75. The highest BCUT2D eigenvalue weighted by Crippen LogP contribution is 2.27. The van der Waals surface area contributed by atoms with Gasteiger partial charge in [-0.2, -0.15) is 0 Å². The third-order valence-electron chi connectivity index (χ3n) is 4.92. The lowest BCUT2D eigenvalue weighted by atomic mass is 10.1. The van der Waals surface area contributed by atoms with Crippen LogP contribution in [0.25, 0.3) is 0 Å². The number of rotatable bonds is 5. The van der Waals surface area contributed by atoms with Crippen molar-refractivity contribution in [2.45, 2.75) is 20.3 Å². The molecule has 0 spiro atoms. The molecule has 1 fully saturated rings. The first-order valence-corrected chi connectivity index (χ1v) is 9.64. The predicted molar refractivity (Wildman–Crippen MR) is 111 cm³/mol. The fourth-order valence-electron chi connectivity index (χ4n) is 3.38. The Morgan fingerprint density at radius 1 is 1.19 bits per heavy atom.